The number of anilines is 1. The molecule has 24 heavy (non-hydrogen) atoms. The van der Waals surface area contributed by atoms with Crippen LogP contribution in [0, 0.1) is 13.8 Å². The van der Waals surface area contributed by atoms with Crippen LogP contribution >= 0.6 is 11.3 Å². The second-order valence-corrected chi connectivity index (χ2v) is 6.96. The molecule has 3 aromatic heterocycles. The number of carbonyl (C=O) groups is 1. The number of rotatable bonds is 2. The Morgan fingerprint density at radius 3 is 2.67 bits per heavy atom. The number of hydrogen-bond donors (Lipinski definition) is 0. The molecule has 9 heteroatoms. The predicted molar refractivity (Wildman–Crippen MR) is 90.5 cm³/mol. The topological polar surface area (TPSA) is 79.5 Å². The molecule has 0 N–H and O–H groups in total. The Bertz CT molecular complexity index is 894. The first-order chi connectivity index (χ1) is 11.6. The first-order valence-corrected chi connectivity index (χ1v) is 8.59. The number of fused-ring (bicyclic) bond motifs is 1. The first kappa shape index (κ1) is 15.0. The molecule has 4 rings (SSSR count). The number of nitrogens with zero attached hydrogens (tertiary/aromatic N) is 7. The lowest BCUT2D eigenvalue weighted by Gasteiger charge is -2.35. The van der Waals surface area contributed by atoms with Crippen molar-refractivity contribution in [3.8, 4) is 0 Å². The second-order valence-electron chi connectivity index (χ2n) is 5.75. The fraction of sp³-hybridized carbons (Fsp3) is 0.400. The molecule has 1 amide bonds. The normalized spacial score (nSPS) is 15.2. The van der Waals surface area contributed by atoms with Crippen molar-refractivity contribution >= 4 is 28.7 Å². The highest BCUT2D eigenvalue weighted by Crippen LogP contribution is 2.21. The Kier molecular flexibility index (Phi) is 3.64. The molecule has 1 aliphatic heterocycles. The maximum Gasteiger partial charge on any atom is 0.265 e. The monoisotopic (exact) mass is 343 g/mol. The second kappa shape index (κ2) is 5.82. The first-order valence-electron chi connectivity index (χ1n) is 7.77. The molecule has 4 heterocycles. The minimum Gasteiger partial charge on any atom is -0.352 e. The highest BCUT2D eigenvalue weighted by atomic mass is 32.1. The van der Waals surface area contributed by atoms with Crippen molar-refractivity contribution in [3.05, 3.63) is 34.0 Å². The van der Waals surface area contributed by atoms with Gasteiger partial charge in [0.1, 0.15) is 17.0 Å². The largest absolute Gasteiger partial charge is 0.352 e. The third kappa shape index (κ3) is 2.60. The van der Waals surface area contributed by atoms with Crippen LogP contribution in [0.25, 0.3) is 5.65 Å². The molecule has 1 aliphatic rings. The van der Waals surface area contributed by atoms with Gasteiger partial charge < -0.3 is 9.80 Å². The van der Waals surface area contributed by atoms with Gasteiger partial charge in [0.15, 0.2) is 5.65 Å². The lowest BCUT2D eigenvalue weighted by Crippen LogP contribution is -2.49. The van der Waals surface area contributed by atoms with Gasteiger partial charge in [-0.2, -0.15) is 4.52 Å². The molecule has 3 aromatic rings. The lowest BCUT2D eigenvalue weighted by molar-refractivity contribution is 0.0750. The van der Waals surface area contributed by atoms with Gasteiger partial charge in [-0.05, 0) is 26.0 Å². The summed E-state index contributed by atoms with van der Waals surface area (Å²) in [5.41, 5.74) is 1.55. The van der Waals surface area contributed by atoms with Gasteiger partial charge in [-0.3, -0.25) is 4.79 Å². The zero-order chi connectivity index (χ0) is 16.7. The Hall–Kier alpha value is -2.55. The smallest absolute Gasteiger partial charge is 0.265 e. The van der Waals surface area contributed by atoms with Crippen LogP contribution in [-0.2, 0) is 0 Å². The van der Waals surface area contributed by atoms with Crippen LogP contribution in [0.3, 0.4) is 0 Å². The molecule has 1 fully saturated rings. The van der Waals surface area contributed by atoms with Crippen LogP contribution in [0.5, 0.6) is 0 Å². The van der Waals surface area contributed by atoms with E-state index in [-0.39, 0.29) is 5.91 Å². The number of thiazole rings is 1. The van der Waals surface area contributed by atoms with E-state index in [1.165, 1.54) is 11.3 Å². The SMILES string of the molecule is Cc1nc(C)c(C(=O)N2CCN(c3ccc4nncn4n3)CC2)s1. The quantitative estimate of drug-likeness (QED) is 0.695. The molecule has 0 aliphatic carbocycles. The van der Waals surface area contributed by atoms with Crippen LogP contribution < -0.4 is 4.90 Å². The van der Waals surface area contributed by atoms with Gasteiger partial charge in [0, 0.05) is 26.2 Å². The molecule has 0 unspecified atom stereocenters. The van der Waals surface area contributed by atoms with Crippen LogP contribution in [0.1, 0.15) is 20.4 Å². The Labute approximate surface area is 142 Å². The van der Waals surface area contributed by atoms with E-state index in [9.17, 15) is 4.79 Å². The summed E-state index contributed by atoms with van der Waals surface area (Å²) in [5, 5.41) is 13.2. The third-order valence-corrected chi connectivity index (χ3v) is 5.20. The summed E-state index contributed by atoms with van der Waals surface area (Å²) in [5.74, 6) is 0.958. The zero-order valence-electron chi connectivity index (χ0n) is 13.5. The minimum atomic E-state index is 0.0833. The number of piperazine rings is 1. The predicted octanol–water partition coefficient (Wildman–Crippen LogP) is 1.16. The van der Waals surface area contributed by atoms with Crippen LogP contribution in [0.2, 0.25) is 0 Å². The van der Waals surface area contributed by atoms with Crippen molar-refractivity contribution in [1.82, 2.24) is 29.7 Å². The van der Waals surface area contributed by atoms with Crippen molar-refractivity contribution in [1.29, 1.82) is 0 Å². The maximum atomic E-state index is 12.7. The van der Waals surface area contributed by atoms with E-state index in [0.717, 1.165) is 40.1 Å². The molecule has 8 nitrogen and oxygen atoms in total. The number of aryl methyl sites for hydroxylation is 2. The standard InChI is InChI=1S/C15H17N7OS/c1-10-14(24-11(2)17-10)15(23)21-7-5-20(6-8-21)13-4-3-12-18-16-9-22(12)19-13/h3-4,9H,5-8H2,1-2H3. The molecule has 0 aromatic carbocycles. The minimum absolute atomic E-state index is 0.0833. The summed E-state index contributed by atoms with van der Waals surface area (Å²) < 4.78 is 1.66. The molecule has 0 spiro atoms. The Morgan fingerprint density at radius 1 is 1.17 bits per heavy atom. The molecule has 1 saturated heterocycles. The highest BCUT2D eigenvalue weighted by molar-refractivity contribution is 7.13. The molecular formula is C15H17N7OS. The van der Waals surface area contributed by atoms with E-state index in [1.807, 2.05) is 30.9 Å². The number of amides is 1. The highest BCUT2D eigenvalue weighted by Gasteiger charge is 2.25. The summed E-state index contributed by atoms with van der Waals surface area (Å²) in [4.78, 5) is 21.8. The van der Waals surface area contributed by atoms with Gasteiger partial charge in [-0.25, -0.2) is 4.98 Å². The lowest BCUT2D eigenvalue weighted by atomic mass is 10.2. The van der Waals surface area contributed by atoms with E-state index in [2.05, 4.69) is 25.2 Å². The molecule has 0 radical (unpaired) electrons. The average molecular weight is 343 g/mol. The van der Waals surface area contributed by atoms with Gasteiger partial charge in [0.25, 0.3) is 5.91 Å². The van der Waals surface area contributed by atoms with Gasteiger partial charge in [-0.1, -0.05) is 0 Å². The summed E-state index contributed by atoms with van der Waals surface area (Å²) >= 11 is 1.47. The van der Waals surface area contributed by atoms with Crippen molar-refractivity contribution in [2.45, 2.75) is 13.8 Å². The van der Waals surface area contributed by atoms with Crippen molar-refractivity contribution in [3.63, 3.8) is 0 Å². The van der Waals surface area contributed by atoms with Gasteiger partial charge in [0.2, 0.25) is 0 Å². The molecular weight excluding hydrogens is 326 g/mol. The van der Waals surface area contributed by atoms with Crippen LogP contribution in [-0.4, -0.2) is 61.8 Å². The van der Waals surface area contributed by atoms with Crippen molar-refractivity contribution in [2.24, 2.45) is 0 Å². The van der Waals surface area contributed by atoms with Gasteiger partial charge in [-0.15, -0.1) is 26.6 Å². The summed E-state index contributed by atoms with van der Waals surface area (Å²) in [6, 6.07) is 3.84. The number of aromatic nitrogens is 5. The zero-order valence-corrected chi connectivity index (χ0v) is 14.3. The molecule has 0 atom stereocenters. The van der Waals surface area contributed by atoms with E-state index in [1.54, 1.807) is 10.8 Å². The summed E-state index contributed by atoms with van der Waals surface area (Å²) in [7, 11) is 0. The fourth-order valence-electron chi connectivity index (χ4n) is 2.90. The number of hydrogen-bond acceptors (Lipinski definition) is 7. The van der Waals surface area contributed by atoms with E-state index >= 15 is 0 Å². The molecule has 124 valence electrons. The average Bonchev–Trinajstić information content (AvgIpc) is 3.19. The van der Waals surface area contributed by atoms with Gasteiger partial charge in [0.05, 0.1) is 10.7 Å². The van der Waals surface area contributed by atoms with Crippen molar-refractivity contribution < 1.29 is 4.79 Å². The summed E-state index contributed by atoms with van der Waals surface area (Å²) in [6.45, 7) is 6.69. The van der Waals surface area contributed by atoms with Crippen molar-refractivity contribution in [2.75, 3.05) is 31.1 Å². The third-order valence-electron chi connectivity index (χ3n) is 4.14. The molecule has 0 bridgehead atoms. The van der Waals surface area contributed by atoms with E-state index in [0.29, 0.717) is 13.1 Å². The summed E-state index contributed by atoms with van der Waals surface area (Å²) in [6.07, 6.45) is 1.59. The Morgan fingerprint density at radius 2 is 1.96 bits per heavy atom. The Balaban J connectivity index is 1.46. The fourth-order valence-corrected chi connectivity index (χ4v) is 3.79. The van der Waals surface area contributed by atoms with Gasteiger partial charge >= 0.3 is 0 Å². The van der Waals surface area contributed by atoms with E-state index < -0.39 is 0 Å². The van der Waals surface area contributed by atoms with Crippen LogP contribution in [0.4, 0.5) is 5.82 Å². The van der Waals surface area contributed by atoms with E-state index in [4.69, 9.17) is 0 Å². The van der Waals surface area contributed by atoms with Crippen LogP contribution in [0.15, 0.2) is 18.5 Å². The molecule has 0 saturated carbocycles. The maximum absolute atomic E-state index is 12.7. The number of carbonyl (C=O) groups excluding carboxylic acids is 1.